The van der Waals surface area contributed by atoms with Crippen LogP contribution in [0.4, 0.5) is 0 Å². The Balaban J connectivity index is 1.91. The van der Waals surface area contributed by atoms with E-state index < -0.39 is 23.7 Å². The monoisotopic (exact) mass is 445 g/mol. The van der Waals surface area contributed by atoms with E-state index in [0.29, 0.717) is 22.8 Å². The summed E-state index contributed by atoms with van der Waals surface area (Å²) in [5.74, 6) is -2.31. The van der Waals surface area contributed by atoms with Crippen molar-refractivity contribution in [2.24, 2.45) is 5.92 Å². The molecule has 1 aromatic carbocycles. The third-order valence-electron chi connectivity index (χ3n) is 4.79. The van der Waals surface area contributed by atoms with E-state index >= 15 is 0 Å². The van der Waals surface area contributed by atoms with Gasteiger partial charge in [-0.3, -0.25) is 19.6 Å². The van der Waals surface area contributed by atoms with Crippen LogP contribution in [-0.4, -0.2) is 52.8 Å². The summed E-state index contributed by atoms with van der Waals surface area (Å²) in [4.78, 5) is 46.5. The Morgan fingerprint density at radius 2 is 1.94 bits per heavy atom. The molecule has 1 atom stereocenters. The average molecular weight is 445 g/mol. The Bertz CT molecular complexity index is 941. The minimum absolute atomic E-state index is 0.00281. The van der Waals surface area contributed by atoms with Gasteiger partial charge in [0.25, 0.3) is 5.91 Å². The Hall–Kier alpha value is -3.66. The highest BCUT2D eigenvalue weighted by Crippen LogP contribution is 2.23. The zero-order valence-corrected chi connectivity index (χ0v) is 17.7. The number of amides is 3. The second-order valence-electron chi connectivity index (χ2n) is 7.19. The lowest BCUT2D eigenvalue weighted by atomic mass is 10.0. The number of nitrogens with one attached hydrogen (secondary N) is 2. The first-order valence-corrected chi connectivity index (χ1v) is 10.3. The van der Waals surface area contributed by atoms with E-state index in [2.05, 4.69) is 10.6 Å². The summed E-state index contributed by atoms with van der Waals surface area (Å²) in [5, 5.41) is 24.0. The van der Waals surface area contributed by atoms with Crippen LogP contribution in [0.25, 0.3) is 11.3 Å². The second-order valence-corrected chi connectivity index (χ2v) is 7.19. The molecule has 0 aliphatic rings. The number of hydrogen-bond acceptors (Lipinski definition) is 6. The standard InChI is InChI=1S/C22H27N3O7/c1-2-3-4-6-17(12-25(31)14-26)20(27)23-13-24-21(28)19-10-9-18(32-19)15-7-5-8-16(11-15)22(29)30/h5,7-11,14,17,31H,2-4,6,12-13H2,1H3,(H,23,27)(H,24,28)(H,29,30). The fourth-order valence-electron chi connectivity index (χ4n) is 3.08. The molecule has 0 saturated carbocycles. The number of aromatic carboxylic acids is 1. The molecule has 10 nitrogen and oxygen atoms in total. The number of carboxylic acid groups (broad SMARTS) is 1. The third-order valence-corrected chi connectivity index (χ3v) is 4.79. The van der Waals surface area contributed by atoms with Crippen LogP contribution in [0.5, 0.6) is 0 Å². The van der Waals surface area contributed by atoms with Crippen molar-refractivity contribution in [1.29, 1.82) is 0 Å². The summed E-state index contributed by atoms with van der Waals surface area (Å²) in [5.41, 5.74) is 0.605. The summed E-state index contributed by atoms with van der Waals surface area (Å²) in [6.45, 7) is 1.72. The quantitative estimate of drug-likeness (QED) is 0.122. The van der Waals surface area contributed by atoms with Gasteiger partial charge >= 0.3 is 5.97 Å². The van der Waals surface area contributed by atoms with E-state index in [1.54, 1.807) is 18.2 Å². The van der Waals surface area contributed by atoms with Crippen LogP contribution in [0.15, 0.2) is 40.8 Å². The number of hydroxylamine groups is 2. The molecular formula is C22H27N3O7. The summed E-state index contributed by atoms with van der Waals surface area (Å²) >= 11 is 0. The first kappa shape index (κ1) is 24.6. The summed E-state index contributed by atoms with van der Waals surface area (Å²) in [6.07, 6.45) is 3.39. The minimum Gasteiger partial charge on any atom is -0.478 e. The summed E-state index contributed by atoms with van der Waals surface area (Å²) in [7, 11) is 0. The van der Waals surface area contributed by atoms with Gasteiger partial charge in [-0.1, -0.05) is 38.3 Å². The van der Waals surface area contributed by atoms with Gasteiger partial charge in [0.15, 0.2) is 5.76 Å². The zero-order chi connectivity index (χ0) is 23.5. The molecule has 2 aromatic rings. The van der Waals surface area contributed by atoms with Gasteiger partial charge in [-0.15, -0.1) is 0 Å². The number of carboxylic acids is 1. The lowest BCUT2D eigenvalue weighted by Crippen LogP contribution is -2.42. The van der Waals surface area contributed by atoms with Crippen LogP contribution >= 0.6 is 0 Å². The first-order valence-electron chi connectivity index (χ1n) is 10.3. The van der Waals surface area contributed by atoms with Gasteiger partial charge in [0.05, 0.1) is 24.7 Å². The van der Waals surface area contributed by atoms with Crippen LogP contribution < -0.4 is 10.6 Å². The fraction of sp³-hybridized carbons (Fsp3) is 0.364. The predicted molar refractivity (Wildman–Crippen MR) is 114 cm³/mol. The van der Waals surface area contributed by atoms with Gasteiger partial charge in [0, 0.05) is 5.56 Å². The topological polar surface area (TPSA) is 149 Å². The highest BCUT2D eigenvalue weighted by molar-refractivity contribution is 5.93. The maximum absolute atomic E-state index is 12.4. The molecule has 172 valence electrons. The van der Waals surface area contributed by atoms with Gasteiger partial charge < -0.3 is 20.2 Å². The molecule has 0 bridgehead atoms. The van der Waals surface area contributed by atoms with E-state index in [9.17, 15) is 24.4 Å². The van der Waals surface area contributed by atoms with Crippen molar-refractivity contribution >= 4 is 24.2 Å². The first-order chi connectivity index (χ1) is 15.3. The van der Waals surface area contributed by atoms with Crippen molar-refractivity contribution in [3.8, 4) is 11.3 Å². The average Bonchev–Trinajstić information content (AvgIpc) is 3.28. The fourth-order valence-corrected chi connectivity index (χ4v) is 3.08. The summed E-state index contributed by atoms with van der Waals surface area (Å²) < 4.78 is 5.51. The van der Waals surface area contributed by atoms with Crippen molar-refractivity contribution in [2.75, 3.05) is 13.2 Å². The van der Waals surface area contributed by atoms with E-state index in [-0.39, 0.29) is 30.9 Å². The normalized spacial score (nSPS) is 11.4. The van der Waals surface area contributed by atoms with Crippen LogP contribution in [0.1, 0.15) is 53.5 Å². The molecule has 3 amide bonds. The number of benzene rings is 1. The van der Waals surface area contributed by atoms with Gasteiger partial charge in [0.1, 0.15) is 5.76 Å². The van der Waals surface area contributed by atoms with Gasteiger partial charge in [0.2, 0.25) is 12.3 Å². The number of hydrogen-bond donors (Lipinski definition) is 4. The molecule has 0 fully saturated rings. The maximum atomic E-state index is 12.4. The molecule has 2 rings (SSSR count). The SMILES string of the molecule is CCCCCC(CN(O)C=O)C(=O)NCNC(=O)c1ccc(-c2cccc(C(=O)O)c2)o1. The largest absolute Gasteiger partial charge is 0.478 e. The number of carbonyl (C=O) groups is 4. The third kappa shape index (κ3) is 7.24. The molecule has 1 unspecified atom stereocenters. The number of nitrogens with zero attached hydrogens (tertiary/aromatic N) is 1. The Labute approximate surface area is 185 Å². The number of furan rings is 1. The molecule has 0 aliphatic carbocycles. The lowest BCUT2D eigenvalue weighted by Gasteiger charge is -2.19. The highest BCUT2D eigenvalue weighted by Gasteiger charge is 2.21. The van der Waals surface area contributed by atoms with Crippen molar-refractivity contribution in [2.45, 2.75) is 32.6 Å². The molecular weight excluding hydrogens is 418 g/mol. The predicted octanol–water partition coefficient (Wildman–Crippen LogP) is 2.49. The second kappa shape index (κ2) is 12.3. The minimum atomic E-state index is -1.07. The van der Waals surface area contributed by atoms with Crippen molar-refractivity contribution < 1.29 is 33.9 Å². The number of carbonyl (C=O) groups excluding carboxylic acids is 3. The maximum Gasteiger partial charge on any atom is 0.335 e. The molecule has 1 heterocycles. The molecule has 0 spiro atoms. The number of rotatable bonds is 13. The summed E-state index contributed by atoms with van der Waals surface area (Å²) in [6, 6.07) is 9.12. The molecule has 4 N–H and O–H groups in total. The van der Waals surface area contributed by atoms with Crippen LogP contribution in [0, 0.1) is 5.92 Å². The van der Waals surface area contributed by atoms with E-state index in [0.717, 1.165) is 19.3 Å². The van der Waals surface area contributed by atoms with Gasteiger partial charge in [-0.05, 0) is 30.7 Å². The molecule has 1 aromatic heterocycles. The zero-order valence-electron chi connectivity index (χ0n) is 17.7. The molecule has 0 radical (unpaired) electrons. The lowest BCUT2D eigenvalue weighted by molar-refractivity contribution is -0.154. The van der Waals surface area contributed by atoms with E-state index in [1.165, 1.54) is 18.2 Å². The smallest absolute Gasteiger partial charge is 0.335 e. The van der Waals surface area contributed by atoms with E-state index in [1.807, 2.05) is 6.92 Å². The molecule has 0 aliphatic heterocycles. The van der Waals surface area contributed by atoms with Crippen molar-refractivity contribution in [3.63, 3.8) is 0 Å². The van der Waals surface area contributed by atoms with Crippen LogP contribution in [0.3, 0.4) is 0 Å². The van der Waals surface area contributed by atoms with Crippen LogP contribution in [0.2, 0.25) is 0 Å². The Morgan fingerprint density at radius 3 is 2.62 bits per heavy atom. The molecule has 10 heteroatoms. The Morgan fingerprint density at radius 1 is 1.16 bits per heavy atom. The molecule has 0 saturated heterocycles. The Kier molecular flexibility index (Phi) is 9.43. The molecule has 32 heavy (non-hydrogen) atoms. The van der Waals surface area contributed by atoms with E-state index in [4.69, 9.17) is 9.52 Å². The van der Waals surface area contributed by atoms with Crippen molar-refractivity contribution in [1.82, 2.24) is 15.7 Å². The number of unbranched alkanes of at least 4 members (excludes halogenated alkanes) is 2. The van der Waals surface area contributed by atoms with Crippen molar-refractivity contribution in [3.05, 3.63) is 47.7 Å². The van der Waals surface area contributed by atoms with Crippen LogP contribution in [-0.2, 0) is 9.59 Å². The van der Waals surface area contributed by atoms with Gasteiger partial charge in [-0.2, -0.15) is 0 Å². The van der Waals surface area contributed by atoms with Gasteiger partial charge in [-0.25, -0.2) is 9.86 Å². The highest BCUT2D eigenvalue weighted by atomic mass is 16.5.